The first kappa shape index (κ1) is 27.0. The van der Waals surface area contributed by atoms with Crippen LogP contribution in [0.5, 0.6) is 17.2 Å². The number of fused-ring (bicyclic) bond motifs is 1. The number of anilines is 1. The molecule has 0 fully saturated rings. The number of nitrogens with zero attached hydrogens (tertiary/aromatic N) is 4. The van der Waals surface area contributed by atoms with Crippen LogP contribution in [0.15, 0.2) is 48.8 Å². The van der Waals surface area contributed by atoms with Crippen LogP contribution < -0.4 is 19.5 Å². The van der Waals surface area contributed by atoms with Gasteiger partial charge in [-0.15, -0.1) is 13.2 Å². The molecule has 4 aromatic rings. The van der Waals surface area contributed by atoms with Crippen molar-refractivity contribution >= 4 is 22.7 Å². The Balaban J connectivity index is 1.55. The number of alkyl halides is 3. The van der Waals surface area contributed by atoms with E-state index in [1.807, 2.05) is 6.07 Å². The molecule has 0 spiro atoms. The van der Waals surface area contributed by atoms with Crippen LogP contribution in [0.4, 0.5) is 23.4 Å². The summed E-state index contributed by atoms with van der Waals surface area (Å²) >= 11 is 0. The van der Waals surface area contributed by atoms with Gasteiger partial charge in [-0.1, -0.05) is 0 Å². The van der Waals surface area contributed by atoms with Gasteiger partial charge in [0.15, 0.2) is 18.1 Å². The Morgan fingerprint density at radius 3 is 2.59 bits per heavy atom. The Hall–Kier alpha value is -5.06. The molecule has 0 saturated carbocycles. The fourth-order valence-corrected chi connectivity index (χ4v) is 3.85. The van der Waals surface area contributed by atoms with Gasteiger partial charge in [0, 0.05) is 30.1 Å². The van der Waals surface area contributed by atoms with E-state index in [1.165, 1.54) is 48.3 Å². The maximum absolute atomic E-state index is 14.6. The molecule has 2 N–H and O–H groups in total. The lowest BCUT2D eigenvalue weighted by Crippen LogP contribution is -2.18. The molecule has 2 heterocycles. The number of hydrogen-bond acceptors (Lipinski definition) is 8. The molecule has 10 nitrogen and oxygen atoms in total. The van der Waals surface area contributed by atoms with Crippen molar-refractivity contribution in [2.24, 2.45) is 0 Å². The first-order chi connectivity index (χ1) is 18.6. The third kappa shape index (κ3) is 6.27. The molecule has 0 saturated heterocycles. The summed E-state index contributed by atoms with van der Waals surface area (Å²) in [6.07, 6.45) is -3.86. The number of halogens is 4. The van der Waals surface area contributed by atoms with Crippen LogP contribution >= 0.6 is 0 Å². The minimum Gasteiger partial charge on any atom is -0.496 e. The highest BCUT2D eigenvalue weighted by molar-refractivity contribution is 5.88. The van der Waals surface area contributed by atoms with Gasteiger partial charge in [0.05, 0.1) is 18.3 Å². The molecule has 14 heteroatoms. The highest BCUT2D eigenvalue weighted by atomic mass is 19.4. The van der Waals surface area contributed by atoms with Crippen LogP contribution in [0.1, 0.15) is 5.69 Å². The minimum atomic E-state index is -5.05. The Morgan fingerprint density at radius 1 is 1.13 bits per heavy atom. The first-order valence-electron chi connectivity index (χ1n) is 11.2. The number of carboxylic acids is 1. The van der Waals surface area contributed by atoms with Crippen LogP contribution in [-0.4, -0.2) is 52.2 Å². The van der Waals surface area contributed by atoms with E-state index in [1.54, 1.807) is 0 Å². The fourth-order valence-electron chi connectivity index (χ4n) is 3.85. The summed E-state index contributed by atoms with van der Waals surface area (Å²) < 4.78 is 69.0. The second-order valence-corrected chi connectivity index (χ2v) is 7.91. The average Bonchev–Trinajstić information content (AvgIpc) is 3.27. The number of nitriles is 1. The summed E-state index contributed by atoms with van der Waals surface area (Å²) in [5.74, 6) is -2.33. The summed E-state index contributed by atoms with van der Waals surface area (Å²) in [5, 5.41) is 21.8. The second-order valence-electron chi connectivity index (χ2n) is 7.91. The topological polar surface area (TPSA) is 132 Å². The van der Waals surface area contributed by atoms with Gasteiger partial charge in [-0.3, -0.25) is 0 Å². The van der Waals surface area contributed by atoms with Gasteiger partial charge in [-0.05, 0) is 36.4 Å². The zero-order valence-electron chi connectivity index (χ0n) is 20.1. The van der Waals surface area contributed by atoms with Gasteiger partial charge in [0.25, 0.3) is 0 Å². The largest absolute Gasteiger partial charge is 0.573 e. The number of rotatable bonds is 10. The van der Waals surface area contributed by atoms with Crippen molar-refractivity contribution in [2.75, 3.05) is 25.6 Å². The van der Waals surface area contributed by atoms with Crippen LogP contribution in [0.25, 0.3) is 22.2 Å². The Bertz CT molecular complexity index is 1570. The average molecular weight is 545 g/mol. The van der Waals surface area contributed by atoms with Gasteiger partial charge >= 0.3 is 12.3 Å². The third-order valence-corrected chi connectivity index (χ3v) is 5.43. The predicted octanol–water partition coefficient (Wildman–Crippen LogP) is 4.59. The predicted molar refractivity (Wildman–Crippen MR) is 129 cm³/mol. The minimum absolute atomic E-state index is 0.176. The zero-order valence-corrected chi connectivity index (χ0v) is 20.1. The fraction of sp³-hybridized carbons (Fsp3) is 0.200. The van der Waals surface area contributed by atoms with Crippen LogP contribution in [0.2, 0.25) is 0 Å². The van der Waals surface area contributed by atoms with Gasteiger partial charge in [0.1, 0.15) is 35.5 Å². The summed E-state index contributed by atoms with van der Waals surface area (Å²) in [4.78, 5) is 18.9. The molecule has 0 aliphatic carbocycles. The van der Waals surface area contributed by atoms with Crippen molar-refractivity contribution in [3.63, 3.8) is 0 Å². The van der Waals surface area contributed by atoms with E-state index >= 15 is 0 Å². The maximum Gasteiger partial charge on any atom is 0.573 e. The van der Waals surface area contributed by atoms with Crippen LogP contribution in [-0.2, 0) is 11.3 Å². The van der Waals surface area contributed by atoms with Crippen molar-refractivity contribution < 1.29 is 41.7 Å². The lowest BCUT2D eigenvalue weighted by atomic mass is 10.1. The number of aliphatic carboxylic acids is 1. The van der Waals surface area contributed by atoms with Crippen LogP contribution in [0.3, 0.4) is 0 Å². The molecule has 39 heavy (non-hydrogen) atoms. The summed E-state index contributed by atoms with van der Waals surface area (Å²) in [6.45, 7) is -0.485. The van der Waals surface area contributed by atoms with E-state index in [0.717, 1.165) is 12.1 Å². The molecule has 2 aromatic heterocycles. The number of carbonyl (C=O) groups is 1. The molecule has 0 atom stereocenters. The highest BCUT2D eigenvalue weighted by Crippen LogP contribution is 2.36. The van der Waals surface area contributed by atoms with Gasteiger partial charge in [-0.25, -0.2) is 19.2 Å². The molecule has 0 aliphatic heterocycles. The molecule has 0 radical (unpaired) electrons. The van der Waals surface area contributed by atoms with Gasteiger partial charge in [0.2, 0.25) is 0 Å². The van der Waals surface area contributed by atoms with Crippen molar-refractivity contribution in [1.29, 1.82) is 5.26 Å². The number of nitrogens with one attached hydrogen (secondary N) is 1. The van der Waals surface area contributed by atoms with Crippen LogP contribution in [0, 0.1) is 17.1 Å². The molecule has 2 aromatic carbocycles. The van der Waals surface area contributed by atoms with E-state index in [4.69, 9.17) is 14.6 Å². The molecule has 0 unspecified atom stereocenters. The number of aromatic nitrogens is 3. The van der Waals surface area contributed by atoms with E-state index < -0.39 is 36.3 Å². The molecular formula is C25H19F4N5O5. The Kier molecular flexibility index (Phi) is 7.70. The van der Waals surface area contributed by atoms with E-state index in [9.17, 15) is 27.6 Å². The van der Waals surface area contributed by atoms with Crippen molar-refractivity contribution in [3.05, 3.63) is 60.3 Å². The lowest BCUT2D eigenvalue weighted by molar-refractivity contribution is -0.275. The van der Waals surface area contributed by atoms with Crippen molar-refractivity contribution in [1.82, 2.24) is 14.5 Å². The number of benzene rings is 2. The number of hydrogen-bond donors (Lipinski definition) is 2. The van der Waals surface area contributed by atoms with Gasteiger partial charge < -0.3 is 29.2 Å². The first-order valence-corrected chi connectivity index (χ1v) is 11.2. The van der Waals surface area contributed by atoms with Gasteiger partial charge in [-0.2, -0.15) is 5.26 Å². The molecule has 202 valence electrons. The van der Waals surface area contributed by atoms with Crippen molar-refractivity contribution in [2.45, 2.75) is 12.9 Å². The second kappa shape index (κ2) is 11.1. The SMILES string of the molecule is COc1ccc(F)c2c1cc(C#N)n2CCNc1cc(-c2ccc(OCC(=O)O)c(OC(F)(F)F)c2)ncn1. The molecule has 0 bridgehead atoms. The maximum atomic E-state index is 14.6. The van der Waals surface area contributed by atoms with E-state index in [2.05, 4.69) is 20.0 Å². The van der Waals surface area contributed by atoms with E-state index in [-0.39, 0.29) is 35.6 Å². The quantitative estimate of drug-likeness (QED) is 0.275. The number of carboxylic acid groups (broad SMARTS) is 1. The summed E-state index contributed by atoms with van der Waals surface area (Å²) in [5.41, 5.74) is 0.864. The highest BCUT2D eigenvalue weighted by Gasteiger charge is 2.33. The molecule has 4 rings (SSSR count). The number of methoxy groups -OCH3 is 1. The molecule has 0 aliphatic rings. The normalized spacial score (nSPS) is 11.2. The summed E-state index contributed by atoms with van der Waals surface area (Å²) in [7, 11) is 1.44. The standard InChI is InChI=1S/C25H19F4N5O5/c1-37-19-5-3-17(26)24-16(19)9-15(11-30)34(24)7-6-31-22-10-18(32-13-33-22)14-2-4-20(38-12-23(35)36)21(8-14)39-25(27,28)29/h2-5,8-10,13H,6-7,12H2,1H3,(H,35,36)(H,31,32,33). The Morgan fingerprint density at radius 2 is 1.90 bits per heavy atom. The molecule has 0 amide bonds. The zero-order chi connectivity index (χ0) is 28.2. The Labute approximate surface area is 218 Å². The number of ether oxygens (including phenoxy) is 3. The lowest BCUT2D eigenvalue weighted by Gasteiger charge is -2.15. The smallest absolute Gasteiger partial charge is 0.496 e. The summed E-state index contributed by atoms with van der Waals surface area (Å²) in [6, 6.07) is 11.3. The monoisotopic (exact) mass is 545 g/mol. The third-order valence-electron chi connectivity index (χ3n) is 5.43. The van der Waals surface area contributed by atoms with Crippen molar-refractivity contribution in [3.8, 4) is 34.6 Å². The molecular weight excluding hydrogens is 526 g/mol. The van der Waals surface area contributed by atoms with E-state index in [0.29, 0.717) is 17.0 Å².